The van der Waals surface area contributed by atoms with E-state index in [1.165, 1.54) is 12.3 Å². The van der Waals surface area contributed by atoms with E-state index in [1.807, 2.05) is 29.2 Å². The molecular formula is C17H18N4O3S. The van der Waals surface area contributed by atoms with Crippen LogP contribution >= 0.6 is 0 Å². The second-order valence-electron chi connectivity index (χ2n) is 5.99. The molecule has 1 aliphatic heterocycles. The molecule has 2 aromatic heterocycles. The van der Waals surface area contributed by atoms with Crippen molar-refractivity contribution in [2.75, 3.05) is 18.0 Å². The highest BCUT2D eigenvalue weighted by Gasteiger charge is 2.29. The maximum absolute atomic E-state index is 12.4. The lowest BCUT2D eigenvalue weighted by molar-refractivity contribution is 0.534. The fourth-order valence-corrected chi connectivity index (χ4v) is 4.11. The van der Waals surface area contributed by atoms with Crippen molar-refractivity contribution in [1.82, 2.24) is 14.7 Å². The molecule has 0 aliphatic carbocycles. The monoisotopic (exact) mass is 358 g/mol. The first-order chi connectivity index (χ1) is 12.1. The number of nitrogens with zero attached hydrogens (tertiary/aromatic N) is 3. The molecule has 1 aliphatic rings. The number of nitrogens with one attached hydrogen (secondary N) is 1. The highest BCUT2D eigenvalue weighted by molar-refractivity contribution is 7.89. The van der Waals surface area contributed by atoms with E-state index in [-0.39, 0.29) is 10.9 Å². The quantitative estimate of drug-likeness (QED) is 0.752. The Kier molecular flexibility index (Phi) is 4.14. The number of rotatable bonds is 5. The Morgan fingerprint density at radius 3 is 2.92 bits per heavy atom. The summed E-state index contributed by atoms with van der Waals surface area (Å²) in [5.41, 5.74) is 1.54. The number of hydrogen-bond acceptors (Lipinski definition) is 6. The summed E-state index contributed by atoms with van der Waals surface area (Å²) in [6, 6.07) is 11.3. The molecule has 1 saturated heterocycles. The Balaban J connectivity index is 1.50. The van der Waals surface area contributed by atoms with E-state index in [1.54, 1.807) is 12.3 Å². The molecule has 0 bridgehead atoms. The minimum absolute atomic E-state index is 0.0134. The molecule has 8 heteroatoms. The Labute approximate surface area is 145 Å². The molecule has 0 radical (unpaired) electrons. The van der Waals surface area contributed by atoms with Crippen LogP contribution in [0.3, 0.4) is 0 Å². The Morgan fingerprint density at radius 1 is 1.24 bits per heavy atom. The van der Waals surface area contributed by atoms with Gasteiger partial charge in [-0.25, -0.2) is 13.1 Å². The van der Waals surface area contributed by atoms with Crippen LogP contribution < -0.4 is 9.62 Å². The zero-order valence-electron chi connectivity index (χ0n) is 13.5. The molecule has 1 fully saturated rings. The normalized spacial score (nSPS) is 18.1. The van der Waals surface area contributed by atoms with Gasteiger partial charge in [0.1, 0.15) is 10.4 Å². The van der Waals surface area contributed by atoms with Gasteiger partial charge in [-0.1, -0.05) is 12.1 Å². The maximum atomic E-state index is 12.4. The molecule has 3 aromatic rings. The Hall–Kier alpha value is -2.45. The molecule has 7 nitrogen and oxygen atoms in total. The van der Waals surface area contributed by atoms with E-state index in [2.05, 4.69) is 14.7 Å². The number of anilines is 1. The van der Waals surface area contributed by atoms with Crippen molar-refractivity contribution in [3.8, 4) is 0 Å². The molecule has 3 heterocycles. The Bertz CT molecular complexity index is 939. The molecule has 1 atom stereocenters. The van der Waals surface area contributed by atoms with Crippen molar-refractivity contribution in [1.29, 1.82) is 0 Å². The number of aromatic nitrogens is 2. The average molecular weight is 358 g/mol. The summed E-state index contributed by atoms with van der Waals surface area (Å²) in [5, 5.41) is 0. The van der Waals surface area contributed by atoms with Gasteiger partial charge < -0.3 is 9.32 Å². The molecule has 130 valence electrons. The summed E-state index contributed by atoms with van der Waals surface area (Å²) in [6.07, 6.45) is 4.74. The first-order valence-corrected chi connectivity index (χ1v) is 9.64. The maximum Gasteiger partial charge on any atom is 0.298 e. The zero-order valence-corrected chi connectivity index (χ0v) is 14.3. The number of pyridine rings is 1. The van der Waals surface area contributed by atoms with Gasteiger partial charge in [0.05, 0.1) is 0 Å². The van der Waals surface area contributed by atoms with Crippen LogP contribution in [0.25, 0.3) is 11.1 Å². The predicted octanol–water partition coefficient (Wildman–Crippen LogP) is 2.17. The fourth-order valence-electron chi connectivity index (χ4n) is 3.08. The smallest absolute Gasteiger partial charge is 0.298 e. The molecular weight excluding hydrogens is 340 g/mol. The third-order valence-corrected chi connectivity index (χ3v) is 5.77. The lowest BCUT2D eigenvalue weighted by atomic mass is 10.2. The number of sulfonamides is 1. The standard InChI is InChI=1S/C17H18N4O3S/c22-25(23,14-6-3-9-18-12-14)19-11-13-5-4-10-21(13)17-20-15-7-1-2-8-16(15)24-17/h1-3,6-9,12-13,19H,4-5,10-11H2/t13-/m1/s1. The van der Waals surface area contributed by atoms with E-state index in [0.717, 1.165) is 30.5 Å². The molecule has 0 amide bonds. The number of hydrogen-bond donors (Lipinski definition) is 1. The number of oxazole rings is 1. The van der Waals surface area contributed by atoms with Crippen LogP contribution in [0.5, 0.6) is 0 Å². The summed E-state index contributed by atoms with van der Waals surface area (Å²) < 4.78 is 33.2. The van der Waals surface area contributed by atoms with Crippen LogP contribution in [-0.4, -0.2) is 37.5 Å². The third kappa shape index (κ3) is 3.22. The van der Waals surface area contributed by atoms with Gasteiger partial charge in [-0.2, -0.15) is 4.98 Å². The second kappa shape index (κ2) is 6.45. The van der Waals surface area contributed by atoms with Gasteiger partial charge >= 0.3 is 0 Å². The van der Waals surface area contributed by atoms with Crippen LogP contribution in [0, 0.1) is 0 Å². The zero-order chi connectivity index (χ0) is 17.3. The summed E-state index contributed by atoms with van der Waals surface area (Å²) in [4.78, 5) is 10.6. The van der Waals surface area contributed by atoms with Crippen molar-refractivity contribution in [3.63, 3.8) is 0 Å². The highest BCUT2D eigenvalue weighted by Crippen LogP contribution is 2.28. The fraction of sp³-hybridized carbons (Fsp3) is 0.294. The molecule has 0 spiro atoms. The van der Waals surface area contributed by atoms with Gasteiger partial charge in [0, 0.05) is 31.5 Å². The highest BCUT2D eigenvalue weighted by atomic mass is 32.2. The average Bonchev–Trinajstić information content (AvgIpc) is 3.27. The van der Waals surface area contributed by atoms with Crippen molar-refractivity contribution < 1.29 is 12.8 Å². The van der Waals surface area contributed by atoms with Crippen LogP contribution in [-0.2, 0) is 10.0 Å². The number of benzene rings is 1. The van der Waals surface area contributed by atoms with E-state index in [9.17, 15) is 8.42 Å². The van der Waals surface area contributed by atoms with Crippen molar-refractivity contribution in [3.05, 3.63) is 48.8 Å². The summed E-state index contributed by atoms with van der Waals surface area (Å²) in [7, 11) is -3.57. The third-order valence-electron chi connectivity index (χ3n) is 4.36. The SMILES string of the molecule is O=S(=O)(NC[C@H]1CCCN1c1nc2ccccc2o1)c1cccnc1. The molecule has 1 aromatic carbocycles. The Morgan fingerprint density at radius 2 is 2.12 bits per heavy atom. The van der Waals surface area contributed by atoms with Crippen molar-refractivity contribution in [2.24, 2.45) is 0 Å². The summed E-state index contributed by atoms with van der Waals surface area (Å²) >= 11 is 0. The van der Waals surface area contributed by atoms with E-state index < -0.39 is 10.0 Å². The van der Waals surface area contributed by atoms with Crippen molar-refractivity contribution >= 4 is 27.1 Å². The van der Waals surface area contributed by atoms with Gasteiger partial charge in [-0.3, -0.25) is 4.98 Å². The van der Waals surface area contributed by atoms with Crippen LogP contribution in [0.1, 0.15) is 12.8 Å². The molecule has 25 heavy (non-hydrogen) atoms. The van der Waals surface area contributed by atoms with Crippen LogP contribution in [0.15, 0.2) is 58.1 Å². The molecule has 1 N–H and O–H groups in total. The number of fused-ring (bicyclic) bond motifs is 1. The first-order valence-electron chi connectivity index (χ1n) is 8.15. The lowest BCUT2D eigenvalue weighted by Gasteiger charge is -2.22. The summed E-state index contributed by atoms with van der Waals surface area (Å²) in [6.45, 7) is 1.10. The van der Waals surface area contributed by atoms with Gasteiger partial charge in [-0.05, 0) is 37.1 Å². The second-order valence-corrected chi connectivity index (χ2v) is 7.76. The van der Waals surface area contributed by atoms with Gasteiger partial charge in [0.25, 0.3) is 6.01 Å². The summed E-state index contributed by atoms with van der Waals surface area (Å²) in [5.74, 6) is 0. The lowest BCUT2D eigenvalue weighted by Crippen LogP contribution is -2.40. The van der Waals surface area contributed by atoms with E-state index in [0.29, 0.717) is 12.6 Å². The molecule has 0 unspecified atom stereocenters. The van der Waals surface area contributed by atoms with E-state index >= 15 is 0 Å². The van der Waals surface area contributed by atoms with Gasteiger partial charge in [-0.15, -0.1) is 0 Å². The number of para-hydroxylation sites is 2. The van der Waals surface area contributed by atoms with Gasteiger partial charge in [0.15, 0.2) is 5.58 Å². The largest absolute Gasteiger partial charge is 0.423 e. The van der Waals surface area contributed by atoms with Crippen LogP contribution in [0.4, 0.5) is 6.01 Å². The topological polar surface area (TPSA) is 88.3 Å². The minimum Gasteiger partial charge on any atom is -0.423 e. The van der Waals surface area contributed by atoms with Crippen LogP contribution in [0.2, 0.25) is 0 Å². The van der Waals surface area contributed by atoms with Gasteiger partial charge in [0.2, 0.25) is 10.0 Å². The van der Waals surface area contributed by atoms with Crippen molar-refractivity contribution in [2.45, 2.75) is 23.8 Å². The molecule has 4 rings (SSSR count). The predicted molar refractivity (Wildman–Crippen MR) is 93.8 cm³/mol. The first kappa shape index (κ1) is 16.0. The minimum atomic E-state index is -3.57. The molecule has 0 saturated carbocycles. The van der Waals surface area contributed by atoms with E-state index in [4.69, 9.17) is 4.42 Å².